The highest BCUT2D eigenvalue weighted by atomic mass is 16.1. The van der Waals surface area contributed by atoms with Gasteiger partial charge in [0.2, 0.25) is 0 Å². The molecule has 19 heavy (non-hydrogen) atoms. The number of carbonyl (C=O) groups is 1. The van der Waals surface area contributed by atoms with E-state index in [-0.39, 0.29) is 0 Å². The summed E-state index contributed by atoms with van der Waals surface area (Å²) in [5.41, 5.74) is 1.12. The summed E-state index contributed by atoms with van der Waals surface area (Å²) in [4.78, 5) is 11.7. The van der Waals surface area contributed by atoms with E-state index >= 15 is 0 Å². The predicted octanol–water partition coefficient (Wildman–Crippen LogP) is 6.08. The van der Waals surface area contributed by atoms with Crippen LogP contribution < -0.4 is 0 Å². The van der Waals surface area contributed by atoms with Crippen LogP contribution in [0.1, 0.15) is 91.4 Å². The van der Waals surface area contributed by atoms with Crippen molar-refractivity contribution in [2.75, 3.05) is 0 Å². The molecule has 0 aromatic heterocycles. The van der Waals surface area contributed by atoms with Gasteiger partial charge in [-0.05, 0) is 19.3 Å². The Morgan fingerprint density at radius 1 is 1.00 bits per heavy atom. The maximum absolute atomic E-state index is 11.7. The molecule has 1 nitrogen and oxygen atoms in total. The average molecular weight is 266 g/mol. The van der Waals surface area contributed by atoms with Gasteiger partial charge in [0.15, 0.2) is 0 Å². The Morgan fingerprint density at radius 2 is 1.58 bits per heavy atom. The van der Waals surface area contributed by atoms with Crippen LogP contribution in [0.3, 0.4) is 0 Å². The van der Waals surface area contributed by atoms with E-state index in [9.17, 15) is 4.79 Å². The molecule has 0 rings (SSSR count). The van der Waals surface area contributed by atoms with Crippen molar-refractivity contribution in [3.8, 4) is 0 Å². The van der Waals surface area contributed by atoms with E-state index in [1.165, 1.54) is 51.4 Å². The summed E-state index contributed by atoms with van der Waals surface area (Å²) in [6.07, 6.45) is 13.0. The second kappa shape index (κ2) is 12.4. The smallest absolute Gasteiger partial charge is 0.133 e. The molecule has 0 aliphatic rings. The largest absolute Gasteiger partial charge is 0.300 e. The Morgan fingerprint density at radius 3 is 2.16 bits per heavy atom. The Balaban J connectivity index is 3.40. The van der Waals surface area contributed by atoms with Crippen LogP contribution >= 0.6 is 0 Å². The van der Waals surface area contributed by atoms with E-state index in [0.29, 0.717) is 18.1 Å². The maximum Gasteiger partial charge on any atom is 0.133 e. The highest BCUT2D eigenvalue weighted by molar-refractivity contribution is 5.78. The molecule has 0 bridgehead atoms. The molecule has 0 aromatic rings. The third-order valence-electron chi connectivity index (χ3n) is 3.71. The molecule has 1 heteroatoms. The van der Waals surface area contributed by atoms with Crippen molar-refractivity contribution in [2.45, 2.75) is 91.4 Å². The van der Waals surface area contributed by atoms with Gasteiger partial charge in [-0.1, -0.05) is 70.8 Å². The quantitative estimate of drug-likeness (QED) is 0.292. The van der Waals surface area contributed by atoms with Gasteiger partial charge in [0.25, 0.3) is 0 Å². The van der Waals surface area contributed by atoms with E-state index in [2.05, 4.69) is 20.4 Å². The number of ketones is 1. The van der Waals surface area contributed by atoms with Gasteiger partial charge in [-0.25, -0.2) is 0 Å². The fourth-order valence-corrected chi connectivity index (χ4v) is 2.40. The lowest BCUT2D eigenvalue weighted by atomic mass is 9.95. The molecule has 0 saturated carbocycles. The second-order valence-electron chi connectivity index (χ2n) is 6.22. The van der Waals surface area contributed by atoms with Crippen molar-refractivity contribution in [3.63, 3.8) is 0 Å². The zero-order valence-electron chi connectivity index (χ0n) is 13.5. The number of carbonyl (C=O) groups excluding carboxylic acids is 1. The van der Waals surface area contributed by atoms with Gasteiger partial charge < -0.3 is 0 Å². The molecule has 0 spiro atoms. The zero-order chi connectivity index (χ0) is 14.5. The maximum atomic E-state index is 11.7. The van der Waals surface area contributed by atoms with Gasteiger partial charge in [0, 0.05) is 12.8 Å². The SMILES string of the molecule is C=C(C)CCC(=O)CC(C)CCCCCCCCC. The highest BCUT2D eigenvalue weighted by Gasteiger charge is 2.08. The lowest BCUT2D eigenvalue weighted by Crippen LogP contribution is -2.05. The molecule has 0 aliphatic heterocycles. The summed E-state index contributed by atoms with van der Waals surface area (Å²) < 4.78 is 0. The fraction of sp³-hybridized carbons (Fsp3) is 0.833. The number of hydrogen-bond acceptors (Lipinski definition) is 1. The van der Waals surface area contributed by atoms with Crippen LogP contribution in [-0.2, 0) is 4.79 Å². The fourth-order valence-electron chi connectivity index (χ4n) is 2.40. The predicted molar refractivity (Wildman–Crippen MR) is 85.4 cm³/mol. The van der Waals surface area contributed by atoms with Gasteiger partial charge in [-0.3, -0.25) is 4.79 Å². The van der Waals surface area contributed by atoms with E-state index in [0.717, 1.165) is 18.4 Å². The number of rotatable bonds is 13. The Bertz CT molecular complexity index is 242. The third-order valence-corrected chi connectivity index (χ3v) is 3.71. The van der Waals surface area contributed by atoms with E-state index in [4.69, 9.17) is 0 Å². The van der Waals surface area contributed by atoms with Crippen LogP contribution in [0, 0.1) is 5.92 Å². The minimum atomic E-state index is 0.415. The molecule has 1 unspecified atom stereocenters. The topological polar surface area (TPSA) is 17.1 Å². The van der Waals surface area contributed by atoms with E-state index in [1.807, 2.05) is 6.92 Å². The van der Waals surface area contributed by atoms with Gasteiger partial charge in [0.05, 0.1) is 0 Å². The van der Waals surface area contributed by atoms with Crippen LogP contribution in [0.15, 0.2) is 12.2 Å². The average Bonchev–Trinajstić information content (AvgIpc) is 2.35. The second-order valence-corrected chi connectivity index (χ2v) is 6.22. The molecule has 0 N–H and O–H groups in total. The Kier molecular flexibility index (Phi) is 12.1. The Labute approximate surface area is 120 Å². The van der Waals surface area contributed by atoms with Gasteiger partial charge in [-0.15, -0.1) is 6.58 Å². The lowest BCUT2D eigenvalue weighted by molar-refractivity contribution is -0.119. The number of Topliss-reactive ketones (excluding diaryl/α,β-unsaturated/α-hetero) is 1. The molecule has 0 heterocycles. The molecule has 0 fully saturated rings. The summed E-state index contributed by atoms with van der Waals surface area (Å²) in [5.74, 6) is 0.978. The molecule has 112 valence electrons. The van der Waals surface area contributed by atoms with Crippen molar-refractivity contribution in [2.24, 2.45) is 5.92 Å². The molecule has 0 aromatic carbocycles. The van der Waals surface area contributed by atoms with Crippen LogP contribution in [0.4, 0.5) is 0 Å². The van der Waals surface area contributed by atoms with E-state index < -0.39 is 0 Å². The first-order valence-corrected chi connectivity index (χ1v) is 8.22. The first-order valence-electron chi connectivity index (χ1n) is 8.22. The molecule has 1 atom stereocenters. The van der Waals surface area contributed by atoms with Crippen LogP contribution in [0.2, 0.25) is 0 Å². The molecule has 0 saturated heterocycles. The molecule has 0 radical (unpaired) electrons. The van der Waals surface area contributed by atoms with Crippen LogP contribution in [-0.4, -0.2) is 5.78 Å². The number of allylic oxidation sites excluding steroid dienone is 1. The first kappa shape index (κ1) is 18.4. The molecule has 0 aliphatic carbocycles. The summed E-state index contributed by atoms with van der Waals surface area (Å²) >= 11 is 0. The first-order chi connectivity index (χ1) is 9.06. The lowest BCUT2D eigenvalue weighted by Gasteiger charge is -2.10. The minimum absolute atomic E-state index is 0.415. The monoisotopic (exact) mass is 266 g/mol. The van der Waals surface area contributed by atoms with Gasteiger partial charge in [0.1, 0.15) is 5.78 Å². The molecular formula is C18H34O. The van der Waals surface area contributed by atoms with Crippen molar-refractivity contribution < 1.29 is 4.79 Å². The third kappa shape index (κ3) is 13.6. The molecule has 0 amide bonds. The van der Waals surface area contributed by atoms with Crippen molar-refractivity contribution in [1.82, 2.24) is 0 Å². The van der Waals surface area contributed by atoms with E-state index in [1.54, 1.807) is 0 Å². The van der Waals surface area contributed by atoms with Crippen molar-refractivity contribution >= 4 is 5.78 Å². The van der Waals surface area contributed by atoms with Crippen LogP contribution in [0.25, 0.3) is 0 Å². The van der Waals surface area contributed by atoms with Gasteiger partial charge in [-0.2, -0.15) is 0 Å². The summed E-state index contributed by atoms with van der Waals surface area (Å²) in [6, 6.07) is 0. The van der Waals surface area contributed by atoms with Crippen LogP contribution in [0.5, 0.6) is 0 Å². The highest BCUT2D eigenvalue weighted by Crippen LogP contribution is 2.17. The zero-order valence-corrected chi connectivity index (χ0v) is 13.5. The number of hydrogen-bond donors (Lipinski definition) is 0. The molecular weight excluding hydrogens is 232 g/mol. The van der Waals surface area contributed by atoms with Crippen molar-refractivity contribution in [3.05, 3.63) is 12.2 Å². The standard InChI is InChI=1S/C18H34O/c1-5-6-7-8-9-10-11-12-17(4)15-18(19)14-13-16(2)3/h17H,2,5-15H2,1,3-4H3. The summed E-state index contributed by atoms with van der Waals surface area (Å²) in [7, 11) is 0. The number of unbranched alkanes of at least 4 members (excludes halogenated alkanes) is 6. The van der Waals surface area contributed by atoms with Gasteiger partial charge >= 0.3 is 0 Å². The summed E-state index contributed by atoms with van der Waals surface area (Å²) in [5, 5.41) is 0. The minimum Gasteiger partial charge on any atom is -0.300 e. The summed E-state index contributed by atoms with van der Waals surface area (Å²) in [6.45, 7) is 10.3. The Hall–Kier alpha value is -0.590. The van der Waals surface area contributed by atoms with Crippen molar-refractivity contribution in [1.29, 1.82) is 0 Å². The normalized spacial score (nSPS) is 12.4.